The van der Waals surface area contributed by atoms with Crippen molar-refractivity contribution in [2.45, 2.75) is 58.0 Å². The zero-order chi connectivity index (χ0) is 32.5. The second-order valence-corrected chi connectivity index (χ2v) is 14.4. The van der Waals surface area contributed by atoms with Gasteiger partial charge < -0.3 is 20.3 Å². The SMILES string of the molecule is CNC(=O)NCC1CCN(Cc2cc(CN3CCC(C4CCN(CCC(=O)OC)CC4)CC3)cc(-c3cc(Cl)cc(Cl)c3)c2)CC1. The van der Waals surface area contributed by atoms with Crippen LogP contribution in [0.15, 0.2) is 36.4 Å². The summed E-state index contributed by atoms with van der Waals surface area (Å²) >= 11 is 12.9. The number of hydrogen-bond acceptors (Lipinski definition) is 6. The maximum atomic E-state index is 11.6. The molecule has 2 aromatic carbocycles. The Morgan fingerprint density at radius 3 is 1.76 bits per heavy atom. The van der Waals surface area contributed by atoms with Crippen LogP contribution in [-0.2, 0) is 22.6 Å². The molecule has 252 valence electrons. The van der Waals surface area contributed by atoms with Gasteiger partial charge in [0.15, 0.2) is 0 Å². The Hall–Kier alpha value is -2.36. The van der Waals surface area contributed by atoms with Crippen LogP contribution in [-0.4, -0.2) is 93.2 Å². The summed E-state index contributed by atoms with van der Waals surface area (Å²) in [4.78, 5) is 30.7. The van der Waals surface area contributed by atoms with Crippen molar-refractivity contribution in [3.63, 3.8) is 0 Å². The van der Waals surface area contributed by atoms with Gasteiger partial charge in [0.05, 0.1) is 13.5 Å². The lowest BCUT2D eigenvalue weighted by molar-refractivity contribution is -0.141. The number of rotatable bonds is 11. The van der Waals surface area contributed by atoms with E-state index in [-0.39, 0.29) is 12.0 Å². The number of ether oxygens (including phenoxy) is 1. The molecule has 0 unspecified atom stereocenters. The Morgan fingerprint density at radius 1 is 0.739 bits per heavy atom. The van der Waals surface area contributed by atoms with E-state index in [1.807, 2.05) is 12.1 Å². The number of halogens is 2. The molecule has 3 aliphatic heterocycles. The van der Waals surface area contributed by atoms with Gasteiger partial charge in [-0.2, -0.15) is 0 Å². The molecule has 10 heteroatoms. The molecule has 0 atom stereocenters. The molecule has 0 spiro atoms. The van der Waals surface area contributed by atoms with Crippen molar-refractivity contribution in [1.82, 2.24) is 25.3 Å². The highest BCUT2D eigenvalue weighted by molar-refractivity contribution is 6.35. The molecule has 2 N–H and O–H groups in total. The number of piperidine rings is 3. The fraction of sp³-hybridized carbons (Fsp3) is 0.611. The molecule has 3 heterocycles. The van der Waals surface area contributed by atoms with Gasteiger partial charge in [-0.25, -0.2) is 4.79 Å². The summed E-state index contributed by atoms with van der Waals surface area (Å²) in [5.41, 5.74) is 4.87. The van der Waals surface area contributed by atoms with Crippen LogP contribution in [0.3, 0.4) is 0 Å². The molecule has 5 rings (SSSR count). The van der Waals surface area contributed by atoms with E-state index in [2.05, 4.69) is 43.5 Å². The Labute approximate surface area is 285 Å². The number of benzene rings is 2. The molecular weight excluding hydrogens is 621 g/mol. The molecule has 2 aromatic rings. The maximum absolute atomic E-state index is 11.6. The van der Waals surface area contributed by atoms with Gasteiger partial charge in [-0.3, -0.25) is 14.6 Å². The second-order valence-electron chi connectivity index (χ2n) is 13.5. The number of esters is 1. The maximum Gasteiger partial charge on any atom is 0.314 e. The van der Waals surface area contributed by atoms with E-state index in [1.54, 1.807) is 13.1 Å². The Balaban J connectivity index is 1.18. The first-order valence-electron chi connectivity index (χ1n) is 17.1. The molecule has 0 aliphatic carbocycles. The number of hydrogen-bond donors (Lipinski definition) is 2. The van der Waals surface area contributed by atoms with Crippen LogP contribution < -0.4 is 10.6 Å². The first kappa shape index (κ1) is 35.0. The number of likely N-dealkylation sites (tertiary alicyclic amines) is 3. The second kappa shape index (κ2) is 17.2. The summed E-state index contributed by atoms with van der Waals surface area (Å²) in [6, 6.07) is 12.7. The average Bonchev–Trinajstić information content (AvgIpc) is 3.06. The molecule has 3 aliphatic rings. The third-order valence-electron chi connectivity index (χ3n) is 10.3. The van der Waals surface area contributed by atoms with Gasteiger partial charge >= 0.3 is 12.0 Å². The number of nitrogens with zero attached hydrogens (tertiary/aromatic N) is 3. The molecular formula is C36H51Cl2N5O3. The predicted octanol–water partition coefficient (Wildman–Crippen LogP) is 6.29. The van der Waals surface area contributed by atoms with Crippen molar-refractivity contribution in [3.8, 4) is 11.1 Å². The van der Waals surface area contributed by atoms with Crippen LogP contribution in [0.1, 0.15) is 56.1 Å². The highest BCUT2D eigenvalue weighted by atomic mass is 35.5. The van der Waals surface area contributed by atoms with E-state index < -0.39 is 0 Å². The van der Waals surface area contributed by atoms with Crippen LogP contribution >= 0.6 is 23.2 Å². The summed E-state index contributed by atoms with van der Waals surface area (Å²) in [6.07, 6.45) is 7.65. The van der Waals surface area contributed by atoms with Gasteiger partial charge in [-0.15, -0.1) is 0 Å². The van der Waals surface area contributed by atoms with Crippen molar-refractivity contribution >= 4 is 35.2 Å². The fourth-order valence-corrected chi connectivity index (χ4v) is 8.13. The van der Waals surface area contributed by atoms with E-state index in [0.29, 0.717) is 22.4 Å². The lowest BCUT2D eigenvalue weighted by atomic mass is 9.78. The lowest BCUT2D eigenvalue weighted by Crippen LogP contribution is -2.41. The summed E-state index contributed by atoms with van der Waals surface area (Å²) in [7, 11) is 3.12. The summed E-state index contributed by atoms with van der Waals surface area (Å²) in [5, 5.41) is 6.91. The number of methoxy groups -OCH3 is 1. The third-order valence-corrected chi connectivity index (χ3v) is 10.8. The van der Waals surface area contributed by atoms with Crippen LogP contribution in [0.5, 0.6) is 0 Å². The van der Waals surface area contributed by atoms with Crippen molar-refractivity contribution in [3.05, 3.63) is 57.6 Å². The molecule has 8 nitrogen and oxygen atoms in total. The van der Waals surface area contributed by atoms with Crippen molar-refractivity contribution in [1.29, 1.82) is 0 Å². The van der Waals surface area contributed by atoms with Crippen molar-refractivity contribution in [2.24, 2.45) is 17.8 Å². The van der Waals surface area contributed by atoms with Gasteiger partial charge in [0.25, 0.3) is 0 Å². The number of amides is 2. The van der Waals surface area contributed by atoms with Crippen LogP contribution in [0, 0.1) is 17.8 Å². The smallest absolute Gasteiger partial charge is 0.314 e. The average molecular weight is 673 g/mol. The molecule has 0 aromatic heterocycles. The molecule has 0 bridgehead atoms. The molecule has 0 saturated carbocycles. The van der Waals surface area contributed by atoms with Gasteiger partial charge in [0, 0.05) is 43.3 Å². The van der Waals surface area contributed by atoms with E-state index in [9.17, 15) is 9.59 Å². The molecule has 3 saturated heterocycles. The van der Waals surface area contributed by atoms with E-state index >= 15 is 0 Å². The van der Waals surface area contributed by atoms with Crippen LogP contribution in [0.2, 0.25) is 10.0 Å². The molecule has 0 radical (unpaired) electrons. The van der Waals surface area contributed by atoms with Crippen LogP contribution in [0.25, 0.3) is 11.1 Å². The van der Waals surface area contributed by atoms with E-state index in [0.717, 1.165) is 101 Å². The van der Waals surface area contributed by atoms with Gasteiger partial charge in [-0.1, -0.05) is 29.3 Å². The fourth-order valence-electron chi connectivity index (χ4n) is 7.60. The third kappa shape index (κ3) is 10.3. The zero-order valence-electron chi connectivity index (χ0n) is 27.5. The number of carbonyl (C=O) groups is 2. The van der Waals surface area contributed by atoms with Crippen molar-refractivity contribution < 1.29 is 14.3 Å². The predicted molar refractivity (Wildman–Crippen MR) is 186 cm³/mol. The Bertz CT molecular complexity index is 1280. The molecule has 46 heavy (non-hydrogen) atoms. The number of urea groups is 1. The van der Waals surface area contributed by atoms with E-state index in [4.69, 9.17) is 27.9 Å². The van der Waals surface area contributed by atoms with E-state index in [1.165, 1.54) is 43.9 Å². The first-order valence-corrected chi connectivity index (χ1v) is 17.8. The Morgan fingerprint density at radius 2 is 1.24 bits per heavy atom. The number of nitrogens with one attached hydrogen (secondary N) is 2. The first-order chi connectivity index (χ1) is 22.3. The monoisotopic (exact) mass is 671 g/mol. The molecule has 2 amide bonds. The minimum Gasteiger partial charge on any atom is -0.469 e. The minimum atomic E-state index is -0.114. The zero-order valence-corrected chi connectivity index (χ0v) is 29.1. The highest BCUT2D eigenvalue weighted by Crippen LogP contribution is 2.34. The minimum absolute atomic E-state index is 0.105. The quantitative estimate of drug-likeness (QED) is 0.274. The molecule has 3 fully saturated rings. The summed E-state index contributed by atoms with van der Waals surface area (Å²) in [5.74, 6) is 2.00. The standard InChI is InChI=1S/C36H51Cl2N5O3/c1-39-36(45)40-23-26-3-10-42(11-4-26)24-27-17-28(19-31(18-27)32-20-33(37)22-34(38)21-32)25-43-14-7-30(8-15-43)29-5-12-41(13-6-29)16-9-35(44)46-2/h17-22,26,29-30H,3-16,23-25H2,1-2H3,(H2,39,40,45). The van der Waals surface area contributed by atoms with Crippen LogP contribution in [0.4, 0.5) is 4.79 Å². The Kier molecular flexibility index (Phi) is 13.0. The normalized spacial score (nSPS) is 19.7. The van der Waals surface area contributed by atoms with Gasteiger partial charge in [0.2, 0.25) is 0 Å². The summed E-state index contributed by atoms with van der Waals surface area (Å²) in [6.45, 7) is 9.91. The number of carbonyl (C=O) groups excluding carboxylic acids is 2. The largest absolute Gasteiger partial charge is 0.469 e. The van der Waals surface area contributed by atoms with Gasteiger partial charge in [-0.05, 0) is 148 Å². The summed E-state index contributed by atoms with van der Waals surface area (Å²) < 4.78 is 4.81. The lowest BCUT2D eigenvalue weighted by Gasteiger charge is -2.40. The van der Waals surface area contributed by atoms with Gasteiger partial charge in [0.1, 0.15) is 0 Å². The highest BCUT2D eigenvalue weighted by Gasteiger charge is 2.30. The topological polar surface area (TPSA) is 77.2 Å². The van der Waals surface area contributed by atoms with Crippen molar-refractivity contribution in [2.75, 3.05) is 66.5 Å².